The van der Waals surface area contributed by atoms with Crippen molar-refractivity contribution in [2.45, 2.75) is 26.9 Å². The van der Waals surface area contributed by atoms with Gasteiger partial charge < -0.3 is 10.4 Å². The predicted octanol–water partition coefficient (Wildman–Crippen LogP) is 3.55. The fourth-order valence-corrected chi connectivity index (χ4v) is 2.74. The molecule has 0 aliphatic carbocycles. The van der Waals surface area contributed by atoms with Gasteiger partial charge >= 0.3 is 0 Å². The highest BCUT2D eigenvalue weighted by molar-refractivity contribution is 7.12. The van der Waals surface area contributed by atoms with E-state index >= 15 is 0 Å². The number of hydrogen-bond acceptors (Lipinski definition) is 3. The third-order valence-electron chi connectivity index (χ3n) is 3.41. The number of hydrogen-bond donors (Lipinski definition) is 2. The van der Waals surface area contributed by atoms with Gasteiger partial charge in [-0.2, -0.15) is 0 Å². The number of rotatable bonds is 4. The lowest BCUT2D eigenvalue weighted by molar-refractivity contribution is 0.0588. The van der Waals surface area contributed by atoms with Crippen molar-refractivity contribution < 1.29 is 9.90 Å². The van der Waals surface area contributed by atoms with E-state index in [2.05, 4.69) is 5.32 Å². The predicted molar refractivity (Wildman–Crippen MR) is 87.6 cm³/mol. The number of amides is 1. The third kappa shape index (κ3) is 3.93. The lowest BCUT2D eigenvalue weighted by atomic mass is 9.89. The Morgan fingerprint density at radius 3 is 2.52 bits per heavy atom. The molecule has 1 heterocycles. The Balaban J connectivity index is 2.10. The zero-order valence-corrected chi connectivity index (χ0v) is 13.4. The summed E-state index contributed by atoms with van der Waals surface area (Å²) >= 11 is 1.42. The van der Waals surface area contributed by atoms with E-state index in [1.54, 1.807) is 0 Å². The van der Waals surface area contributed by atoms with E-state index in [1.807, 2.05) is 62.5 Å². The number of benzene rings is 1. The second-order valence-corrected chi connectivity index (χ2v) is 7.04. The maximum atomic E-state index is 12.3. The summed E-state index contributed by atoms with van der Waals surface area (Å²) < 4.78 is 0. The van der Waals surface area contributed by atoms with Crippen LogP contribution in [0.3, 0.4) is 0 Å². The Hall–Kier alpha value is -1.65. The molecular weight excluding hydrogens is 282 g/mol. The van der Waals surface area contributed by atoms with E-state index < -0.39 is 6.10 Å². The Bertz CT molecular complexity index is 599. The van der Waals surface area contributed by atoms with Gasteiger partial charge in [0.2, 0.25) is 0 Å². The molecule has 0 spiro atoms. The standard InChI is InChI=1S/C17H21NO2S/c1-17(2,3)14(19)11-18-16(20)15-13(9-10-21-15)12-7-5-4-6-8-12/h4-10,14,19H,11H2,1-3H3,(H,18,20). The van der Waals surface area contributed by atoms with Crippen molar-refractivity contribution in [1.82, 2.24) is 5.32 Å². The highest BCUT2D eigenvalue weighted by Crippen LogP contribution is 2.28. The fourth-order valence-electron chi connectivity index (χ4n) is 1.91. The van der Waals surface area contributed by atoms with Crippen LogP contribution >= 0.6 is 11.3 Å². The summed E-state index contributed by atoms with van der Waals surface area (Å²) in [5.74, 6) is -0.132. The maximum absolute atomic E-state index is 12.3. The van der Waals surface area contributed by atoms with Crippen molar-refractivity contribution in [3.63, 3.8) is 0 Å². The van der Waals surface area contributed by atoms with Crippen molar-refractivity contribution >= 4 is 17.2 Å². The number of thiophene rings is 1. The van der Waals surface area contributed by atoms with Crippen molar-refractivity contribution in [3.05, 3.63) is 46.7 Å². The fraction of sp³-hybridized carbons (Fsp3) is 0.353. The minimum atomic E-state index is -0.568. The molecule has 112 valence electrons. The van der Waals surface area contributed by atoms with Gasteiger partial charge in [-0.05, 0) is 22.4 Å². The largest absolute Gasteiger partial charge is 0.391 e. The Labute approximate surface area is 129 Å². The number of aliphatic hydroxyl groups excluding tert-OH is 1. The van der Waals surface area contributed by atoms with E-state index in [0.717, 1.165) is 11.1 Å². The first kappa shape index (κ1) is 15.7. The number of carbonyl (C=O) groups excluding carboxylic acids is 1. The molecule has 1 atom stereocenters. The van der Waals surface area contributed by atoms with Gasteiger partial charge in [0.1, 0.15) is 0 Å². The molecule has 1 unspecified atom stereocenters. The number of carbonyl (C=O) groups is 1. The molecule has 2 aromatic rings. The quantitative estimate of drug-likeness (QED) is 0.907. The number of nitrogens with one attached hydrogen (secondary N) is 1. The lowest BCUT2D eigenvalue weighted by Gasteiger charge is -2.25. The van der Waals surface area contributed by atoms with Crippen LogP contribution in [0.4, 0.5) is 0 Å². The summed E-state index contributed by atoms with van der Waals surface area (Å²) in [7, 11) is 0. The summed E-state index contributed by atoms with van der Waals surface area (Å²) in [6, 6.07) is 11.8. The van der Waals surface area contributed by atoms with Gasteiger partial charge in [-0.25, -0.2) is 0 Å². The van der Waals surface area contributed by atoms with E-state index in [9.17, 15) is 9.90 Å². The molecule has 0 fully saturated rings. The first-order chi connectivity index (χ1) is 9.89. The van der Waals surface area contributed by atoms with Crippen molar-refractivity contribution in [3.8, 4) is 11.1 Å². The summed E-state index contributed by atoms with van der Waals surface area (Å²) in [5, 5.41) is 14.7. The molecule has 2 N–H and O–H groups in total. The SMILES string of the molecule is CC(C)(C)C(O)CNC(=O)c1sccc1-c1ccccc1. The normalized spacial score (nSPS) is 13.0. The van der Waals surface area contributed by atoms with Crippen LogP contribution in [0, 0.1) is 5.41 Å². The van der Waals surface area contributed by atoms with Crippen LogP contribution in [0.15, 0.2) is 41.8 Å². The average Bonchev–Trinajstić information content (AvgIpc) is 2.93. The molecular formula is C17H21NO2S. The molecule has 0 aliphatic rings. The van der Waals surface area contributed by atoms with Crippen molar-refractivity contribution in [2.24, 2.45) is 5.41 Å². The summed E-state index contributed by atoms with van der Waals surface area (Å²) in [6.07, 6.45) is -0.568. The van der Waals surface area contributed by atoms with Crippen LogP contribution in [0.1, 0.15) is 30.4 Å². The van der Waals surface area contributed by atoms with Crippen LogP contribution < -0.4 is 5.32 Å². The van der Waals surface area contributed by atoms with Crippen molar-refractivity contribution in [2.75, 3.05) is 6.54 Å². The molecule has 4 heteroatoms. The number of aliphatic hydroxyl groups is 1. The van der Waals surface area contributed by atoms with Gasteiger partial charge in [0.25, 0.3) is 5.91 Å². The van der Waals surface area contributed by atoms with Gasteiger partial charge in [0, 0.05) is 12.1 Å². The molecule has 1 aromatic heterocycles. The van der Waals surface area contributed by atoms with Gasteiger partial charge in [0.15, 0.2) is 0 Å². The Kier molecular flexibility index (Phi) is 4.80. The smallest absolute Gasteiger partial charge is 0.262 e. The first-order valence-electron chi connectivity index (χ1n) is 6.99. The summed E-state index contributed by atoms with van der Waals surface area (Å²) in [6.45, 7) is 6.10. The molecule has 0 saturated heterocycles. The Morgan fingerprint density at radius 1 is 1.24 bits per heavy atom. The minimum Gasteiger partial charge on any atom is -0.391 e. The van der Waals surface area contributed by atoms with Crippen molar-refractivity contribution in [1.29, 1.82) is 0 Å². The zero-order valence-electron chi connectivity index (χ0n) is 12.6. The van der Waals surface area contributed by atoms with Crippen LogP contribution in [-0.2, 0) is 0 Å². The van der Waals surface area contributed by atoms with Gasteiger partial charge in [-0.15, -0.1) is 11.3 Å². The van der Waals surface area contributed by atoms with Crippen LogP contribution in [-0.4, -0.2) is 23.7 Å². The Morgan fingerprint density at radius 2 is 1.90 bits per heavy atom. The molecule has 0 radical (unpaired) electrons. The lowest BCUT2D eigenvalue weighted by Crippen LogP contribution is -2.39. The molecule has 2 rings (SSSR count). The van der Waals surface area contributed by atoms with E-state index in [4.69, 9.17) is 0 Å². The second-order valence-electron chi connectivity index (χ2n) is 6.12. The second kappa shape index (κ2) is 6.41. The monoisotopic (exact) mass is 303 g/mol. The van der Waals surface area contributed by atoms with E-state index in [-0.39, 0.29) is 17.9 Å². The van der Waals surface area contributed by atoms with E-state index in [1.165, 1.54) is 11.3 Å². The molecule has 0 bridgehead atoms. The zero-order chi connectivity index (χ0) is 15.5. The topological polar surface area (TPSA) is 49.3 Å². The van der Waals surface area contributed by atoms with Gasteiger partial charge in [-0.3, -0.25) is 4.79 Å². The molecule has 1 aromatic carbocycles. The van der Waals surface area contributed by atoms with E-state index in [0.29, 0.717) is 4.88 Å². The molecule has 1 amide bonds. The highest BCUT2D eigenvalue weighted by atomic mass is 32.1. The van der Waals surface area contributed by atoms with Gasteiger partial charge in [-0.1, -0.05) is 51.1 Å². The minimum absolute atomic E-state index is 0.132. The molecule has 0 saturated carbocycles. The molecule has 3 nitrogen and oxygen atoms in total. The van der Waals surface area contributed by atoms with Crippen LogP contribution in [0.25, 0.3) is 11.1 Å². The average molecular weight is 303 g/mol. The molecule has 21 heavy (non-hydrogen) atoms. The van der Waals surface area contributed by atoms with Crippen LogP contribution in [0.5, 0.6) is 0 Å². The first-order valence-corrected chi connectivity index (χ1v) is 7.86. The molecule has 0 aliphatic heterocycles. The maximum Gasteiger partial charge on any atom is 0.262 e. The van der Waals surface area contributed by atoms with Crippen LogP contribution in [0.2, 0.25) is 0 Å². The third-order valence-corrected chi connectivity index (χ3v) is 4.33. The van der Waals surface area contributed by atoms with Gasteiger partial charge in [0.05, 0.1) is 11.0 Å². The summed E-state index contributed by atoms with van der Waals surface area (Å²) in [5.41, 5.74) is 1.72. The summed E-state index contributed by atoms with van der Waals surface area (Å²) in [4.78, 5) is 13.0. The highest BCUT2D eigenvalue weighted by Gasteiger charge is 2.23.